The van der Waals surface area contributed by atoms with Gasteiger partial charge in [0, 0.05) is 50.7 Å². The minimum atomic E-state index is -4.90. The Hall–Kier alpha value is -3.73. The molecule has 8 nitrogen and oxygen atoms in total. The van der Waals surface area contributed by atoms with Crippen LogP contribution in [0.15, 0.2) is 53.7 Å². The van der Waals surface area contributed by atoms with Crippen molar-refractivity contribution in [1.82, 2.24) is 19.6 Å². The number of ether oxygens (including phenoxy) is 1. The number of hydrogen-bond acceptors (Lipinski definition) is 5. The molecular formula is C27H26F3N5O3. The van der Waals surface area contributed by atoms with Gasteiger partial charge in [-0.1, -0.05) is 30.3 Å². The Morgan fingerprint density at radius 2 is 1.87 bits per heavy atom. The van der Waals surface area contributed by atoms with Crippen molar-refractivity contribution in [3.63, 3.8) is 0 Å². The number of fused-ring (bicyclic) bond motifs is 1. The van der Waals surface area contributed by atoms with Crippen molar-refractivity contribution in [2.24, 2.45) is 18.0 Å². The SMILES string of the molecule is Cn1ncc2cc(-c3ccc(C4=NC5(CCOC5)C(=O)N4CC4CCN(C(=O)C(F)(F)F)C4)cc3)ccc21. The van der Waals surface area contributed by atoms with Gasteiger partial charge in [-0.2, -0.15) is 18.3 Å². The van der Waals surface area contributed by atoms with Crippen molar-refractivity contribution in [2.45, 2.75) is 24.6 Å². The number of rotatable bonds is 4. The van der Waals surface area contributed by atoms with Gasteiger partial charge in [0.25, 0.3) is 5.91 Å². The van der Waals surface area contributed by atoms with E-state index in [1.54, 1.807) is 4.90 Å². The first kappa shape index (κ1) is 24.6. The van der Waals surface area contributed by atoms with E-state index in [-0.39, 0.29) is 38.1 Å². The van der Waals surface area contributed by atoms with E-state index in [9.17, 15) is 22.8 Å². The number of carbonyl (C=O) groups is 2. The molecule has 198 valence electrons. The number of amidine groups is 1. The van der Waals surface area contributed by atoms with E-state index in [0.717, 1.165) is 32.5 Å². The third-order valence-electron chi connectivity index (χ3n) is 7.70. The van der Waals surface area contributed by atoms with Crippen molar-refractivity contribution in [3.8, 4) is 11.1 Å². The predicted octanol–water partition coefficient (Wildman–Crippen LogP) is 3.40. The van der Waals surface area contributed by atoms with Crippen LogP contribution < -0.4 is 0 Å². The number of nitrogens with zero attached hydrogens (tertiary/aromatic N) is 5. The maximum Gasteiger partial charge on any atom is 0.471 e. The summed E-state index contributed by atoms with van der Waals surface area (Å²) < 4.78 is 46.1. The van der Waals surface area contributed by atoms with E-state index in [4.69, 9.17) is 9.73 Å². The molecule has 2 aromatic carbocycles. The Kier molecular flexibility index (Phi) is 5.78. The van der Waals surface area contributed by atoms with Gasteiger partial charge < -0.3 is 9.64 Å². The van der Waals surface area contributed by atoms with Crippen LogP contribution in [0.5, 0.6) is 0 Å². The first-order chi connectivity index (χ1) is 18.1. The van der Waals surface area contributed by atoms with Crippen LogP contribution in [0.1, 0.15) is 18.4 Å². The third-order valence-corrected chi connectivity index (χ3v) is 7.70. The largest absolute Gasteiger partial charge is 0.471 e. The molecule has 1 spiro atoms. The second-order valence-electron chi connectivity index (χ2n) is 10.2. The second kappa shape index (κ2) is 8.93. The van der Waals surface area contributed by atoms with E-state index in [1.165, 1.54) is 0 Å². The molecule has 3 aromatic rings. The summed E-state index contributed by atoms with van der Waals surface area (Å²) in [5.41, 5.74) is 2.80. The highest BCUT2D eigenvalue weighted by Gasteiger charge is 2.52. The van der Waals surface area contributed by atoms with Gasteiger partial charge in [0.2, 0.25) is 0 Å². The molecule has 0 radical (unpaired) electrons. The summed E-state index contributed by atoms with van der Waals surface area (Å²) in [5.74, 6) is -1.81. The van der Waals surface area contributed by atoms with Crippen molar-refractivity contribution in [2.75, 3.05) is 32.8 Å². The number of amides is 2. The van der Waals surface area contributed by atoms with Crippen molar-refractivity contribution >= 4 is 28.6 Å². The fraction of sp³-hybridized carbons (Fsp3) is 0.407. The zero-order chi connectivity index (χ0) is 26.7. The molecule has 2 saturated heterocycles. The molecule has 4 heterocycles. The van der Waals surface area contributed by atoms with E-state index >= 15 is 0 Å². The number of carbonyl (C=O) groups excluding carboxylic acids is 2. The van der Waals surface area contributed by atoms with Gasteiger partial charge in [0.1, 0.15) is 5.84 Å². The normalized spacial score (nSPS) is 23.7. The zero-order valence-electron chi connectivity index (χ0n) is 20.7. The lowest BCUT2D eigenvalue weighted by Crippen LogP contribution is -2.46. The summed E-state index contributed by atoms with van der Waals surface area (Å²) in [6, 6.07) is 13.9. The third kappa shape index (κ3) is 4.14. The second-order valence-corrected chi connectivity index (χ2v) is 10.2. The van der Waals surface area contributed by atoms with E-state index in [2.05, 4.69) is 11.2 Å². The number of aliphatic imine (C=N–C) groups is 1. The van der Waals surface area contributed by atoms with Gasteiger partial charge in [0.15, 0.2) is 5.54 Å². The van der Waals surface area contributed by atoms with Crippen LogP contribution in [0.4, 0.5) is 13.2 Å². The number of aromatic nitrogens is 2. The van der Waals surface area contributed by atoms with Crippen molar-refractivity contribution in [3.05, 3.63) is 54.2 Å². The molecule has 2 fully saturated rings. The molecule has 0 bridgehead atoms. The standard InChI is InChI=1S/C27H26F3N5O3/c1-33-22-7-6-20(12-21(22)13-31-33)18-2-4-19(5-3-18)23-32-26(9-11-38-16-26)24(36)35(23)15-17-8-10-34(14-17)25(37)27(28,29)30/h2-7,12-13,17H,8-11,14-16H2,1H3. The highest BCUT2D eigenvalue weighted by atomic mass is 19.4. The van der Waals surface area contributed by atoms with Crippen molar-refractivity contribution < 1.29 is 27.5 Å². The number of benzene rings is 2. The van der Waals surface area contributed by atoms with Crippen LogP contribution in [0, 0.1) is 5.92 Å². The molecule has 3 aliphatic heterocycles. The van der Waals surface area contributed by atoms with Crippen LogP contribution in [0.25, 0.3) is 22.0 Å². The molecule has 6 rings (SSSR count). The maximum atomic E-state index is 13.6. The van der Waals surface area contributed by atoms with E-state index in [1.807, 2.05) is 54.3 Å². The first-order valence-corrected chi connectivity index (χ1v) is 12.5. The molecule has 0 aliphatic carbocycles. The molecular weight excluding hydrogens is 499 g/mol. The molecule has 2 unspecified atom stereocenters. The summed E-state index contributed by atoms with van der Waals surface area (Å²) >= 11 is 0. The van der Waals surface area contributed by atoms with Gasteiger partial charge in [-0.3, -0.25) is 19.2 Å². The Bertz CT molecular complexity index is 1440. The number of halogens is 3. The number of likely N-dealkylation sites (tertiary alicyclic amines) is 1. The van der Waals surface area contributed by atoms with Crippen molar-refractivity contribution in [1.29, 1.82) is 0 Å². The molecule has 2 atom stereocenters. The summed E-state index contributed by atoms with van der Waals surface area (Å²) in [5, 5.41) is 5.32. The number of alkyl halides is 3. The Morgan fingerprint density at radius 1 is 1.13 bits per heavy atom. The van der Waals surface area contributed by atoms with Gasteiger partial charge in [0.05, 0.1) is 18.3 Å². The van der Waals surface area contributed by atoms with Gasteiger partial charge in [-0.15, -0.1) is 0 Å². The molecule has 11 heteroatoms. The molecule has 38 heavy (non-hydrogen) atoms. The maximum absolute atomic E-state index is 13.6. The van der Waals surface area contributed by atoms with Crippen LogP contribution >= 0.6 is 0 Å². The quantitative estimate of drug-likeness (QED) is 0.523. The first-order valence-electron chi connectivity index (χ1n) is 12.5. The van der Waals surface area contributed by atoms with Gasteiger partial charge in [-0.25, -0.2) is 4.99 Å². The lowest BCUT2D eigenvalue weighted by molar-refractivity contribution is -0.184. The molecule has 2 amide bonds. The minimum absolute atomic E-state index is 0.0156. The van der Waals surface area contributed by atoms with E-state index < -0.39 is 17.6 Å². The fourth-order valence-electron chi connectivity index (χ4n) is 5.62. The van der Waals surface area contributed by atoms with E-state index in [0.29, 0.717) is 25.3 Å². The summed E-state index contributed by atoms with van der Waals surface area (Å²) in [4.78, 5) is 32.5. The zero-order valence-corrected chi connectivity index (χ0v) is 20.7. The Labute approximate surface area is 216 Å². The molecule has 3 aliphatic rings. The smallest absolute Gasteiger partial charge is 0.378 e. The number of hydrogen-bond donors (Lipinski definition) is 0. The summed E-state index contributed by atoms with van der Waals surface area (Å²) in [6.07, 6.45) is -2.24. The van der Waals surface area contributed by atoms with Gasteiger partial charge >= 0.3 is 12.1 Å². The van der Waals surface area contributed by atoms with Gasteiger partial charge in [-0.05, 0) is 35.6 Å². The van der Waals surface area contributed by atoms with Crippen LogP contribution in [0.3, 0.4) is 0 Å². The highest BCUT2D eigenvalue weighted by Crippen LogP contribution is 2.35. The summed E-state index contributed by atoms with van der Waals surface area (Å²) in [6.45, 7) is 0.763. The lowest BCUT2D eigenvalue weighted by atomic mass is 9.98. The average Bonchev–Trinajstić information content (AvgIpc) is 3.69. The van der Waals surface area contributed by atoms with Crippen LogP contribution in [-0.2, 0) is 21.4 Å². The predicted molar refractivity (Wildman–Crippen MR) is 133 cm³/mol. The topological polar surface area (TPSA) is 80.0 Å². The summed E-state index contributed by atoms with van der Waals surface area (Å²) in [7, 11) is 1.89. The number of aryl methyl sites for hydroxylation is 1. The van der Waals surface area contributed by atoms with Crippen LogP contribution in [-0.4, -0.2) is 81.8 Å². The lowest BCUT2D eigenvalue weighted by Gasteiger charge is -2.25. The monoisotopic (exact) mass is 525 g/mol. The Balaban J connectivity index is 1.26. The van der Waals surface area contributed by atoms with Crippen LogP contribution in [0.2, 0.25) is 0 Å². The molecule has 1 aromatic heterocycles. The molecule has 0 N–H and O–H groups in total. The fourth-order valence-corrected chi connectivity index (χ4v) is 5.62. The molecule has 0 saturated carbocycles. The Morgan fingerprint density at radius 3 is 2.58 bits per heavy atom. The highest BCUT2D eigenvalue weighted by molar-refractivity contribution is 6.15. The minimum Gasteiger partial charge on any atom is -0.378 e. The average molecular weight is 526 g/mol.